The number of methoxy groups -OCH3 is 1. The van der Waals surface area contributed by atoms with Crippen LogP contribution in [-0.4, -0.2) is 31.2 Å². The van der Waals surface area contributed by atoms with Crippen LogP contribution in [0.5, 0.6) is 17.2 Å². The van der Waals surface area contributed by atoms with Crippen molar-refractivity contribution in [3.8, 4) is 17.2 Å². The van der Waals surface area contributed by atoms with E-state index in [1.54, 1.807) is 30.3 Å². The Balaban J connectivity index is 1.53. The zero-order chi connectivity index (χ0) is 19.8. The molecule has 0 saturated heterocycles. The molecule has 5 rings (SSSR count). The number of fused-ring (bicyclic) bond motifs is 2. The van der Waals surface area contributed by atoms with Gasteiger partial charge in [0.1, 0.15) is 19.0 Å². The first kappa shape index (κ1) is 17.4. The summed E-state index contributed by atoms with van der Waals surface area (Å²) in [7, 11) is 1.61. The molecule has 7 heteroatoms. The number of ether oxygens (including phenoxy) is 3. The topological polar surface area (TPSA) is 72.9 Å². The van der Waals surface area contributed by atoms with Crippen LogP contribution >= 0.6 is 0 Å². The first-order valence-electron chi connectivity index (χ1n) is 9.33. The maximum absolute atomic E-state index is 13.2. The molecule has 146 valence electrons. The van der Waals surface area contributed by atoms with Crippen molar-refractivity contribution in [1.29, 1.82) is 0 Å². The number of pyridine rings is 1. The van der Waals surface area contributed by atoms with Crippen molar-refractivity contribution in [2.45, 2.75) is 6.17 Å². The van der Waals surface area contributed by atoms with Crippen LogP contribution in [0.3, 0.4) is 0 Å². The summed E-state index contributed by atoms with van der Waals surface area (Å²) in [5, 5.41) is 3.43. The zero-order valence-electron chi connectivity index (χ0n) is 15.8. The standard InChI is InChI=1S/C22H19N3O4/c1-27-16-7-5-15(6-8-16)25-21(20-17(22(25)26)3-2-10-23-20)24-14-4-9-18-19(13-14)29-12-11-28-18/h2-10,13,21,24H,11-12H2,1H3. The maximum atomic E-state index is 13.2. The van der Waals surface area contributed by atoms with Gasteiger partial charge in [-0.1, -0.05) is 0 Å². The molecule has 2 aliphatic heterocycles. The normalized spacial score (nSPS) is 17.1. The average Bonchev–Trinajstić information content (AvgIpc) is 3.05. The highest BCUT2D eigenvalue weighted by atomic mass is 16.6. The maximum Gasteiger partial charge on any atom is 0.262 e. The Kier molecular flexibility index (Phi) is 4.20. The second-order valence-corrected chi connectivity index (χ2v) is 6.71. The molecule has 29 heavy (non-hydrogen) atoms. The van der Waals surface area contributed by atoms with Gasteiger partial charge in [-0.3, -0.25) is 14.7 Å². The van der Waals surface area contributed by atoms with Crippen molar-refractivity contribution in [3.63, 3.8) is 0 Å². The van der Waals surface area contributed by atoms with Crippen LogP contribution in [0.1, 0.15) is 22.2 Å². The van der Waals surface area contributed by atoms with Gasteiger partial charge in [-0.25, -0.2) is 0 Å². The van der Waals surface area contributed by atoms with Crippen molar-refractivity contribution in [2.75, 3.05) is 30.5 Å². The van der Waals surface area contributed by atoms with Gasteiger partial charge in [0.2, 0.25) is 0 Å². The van der Waals surface area contributed by atoms with Crippen LogP contribution < -0.4 is 24.4 Å². The fourth-order valence-electron chi connectivity index (χ4n) is 3.62. The monoisotopic (exact) mass is 389 g/mol. The molecular formula is C22H19N3O4. The molecule has 1 aromatic heterocycles. The molecule has 3 aromatic rings. The summed E-state index contributed by atoms with van der Waals surface area (Å²) >= 11 is 0. The number of benzene rings is 2. The number of carbonyl (C=O) groups excluding carboxylic acids is 1. The van der Waals surface area contributed by atoms with Crippen molar-refractivity contribution in [1.82, 2.24) is 4.98 Å². The third kappa shape index (κ3) is 3.00. The van der Waals surface area contributed by atoms with Crippen LogP contribution in [0.2, 0.25) is 0 Å². The fourth-order valence-corrected chi connectivity index (χ4v) is 3.62. The van der Waals surface area contributed by atoms with E-state index in [9.17, 15) is 4.79 Å². The third-order valence-electron chi connectivity index (χ3n) is 5.00. The second-order valence-electron chi connectivity index (χ2n) is 6.71. The predicted octanol–water partition coefficient (Wildman–Crippen LogP) is 3.63. The summed E-state index contributed by atoms with van der Waals surface area (Å²) in [4.78, 5) is 19.3. The van der Waals surface area contributed by atoms with Gasteiger partial charge in [0.15, 0.2) is 17.7 Å². The number of nitrogens with one attached hydrogen (secondary N) is 1. The molecule has 7 nitrogen and oxygen atoms in total. The number of hydrogen-bond donors (Lipinski definition) is 1. The van der Waals surface area contributed by atoms with E-state index in [0.29, 0.717) is 30.2 Å². The molecule has 0 aliphatic carbocycles. The Morgan fingerprint density at radius 1 is 1.07 bits per heavy atom. The van der Waals surface area contributed by atoms with Crippen molar-refractivity contribution in [3.05, 3.63) is 72.1 Å². The molecule has 1 amide bonds. The molecule has 0 spiro atoms. The van der Waals surface area contributed by atoms with E-state index in [2.05, 4.69) is 10.3 Å². The highest BCUT2D eigenvalue weighted by Crippen LogP contribution is 2.39. The van der Waals surface area contributed by atoms with Crippen molar-refractivity contribution >= 4 is 17.3 Å². The minimum atomic E-state index is -0.449. The lowest BCUT2D eigenvalue weighted by Crippen LogP contribution is -2.32. The predicted molar refractivity (Wildman–Crippen MR) is 108 cm³/mol. The molecular weight excluding hydrogens is 370 g/mol. The van der Waals surface area contributed by atoms with E-state index in [1.807, 2.05) is 42.5 Å². The minimum absolute atomic E-state index is 0.103. The molecule has 0 fully saturated rings. The molecule has 2 aromatic carbocycles. The van der Waals surface area contributed by atoms with Gasteiger partial charge < -0.3 is 19.5 Å². The Hall–Kier alpha value is -3.74. The van der Waals surface area contributed by atoms with Crippen LogP contribution in [0.25, 0.3) is 0 Å². The first-order chi connectivity index (χ1) is 14.2. The Labute approximate surface area is 167 Å². The van der Waals surface area contributed by atoms with Gasteiger partial charge in [-0.15, -0.1) is 0 Å². The number of aromatic nitrogens is 1. The number of hydrogen-bond acceptors (Lipinski definition) is 6. The summed E-state index contributed by atoms with van der Waals surface area (Å²) in [5.41, 5.74) is 2.83. The molecule has 2 aliphatic rings. The molecule has 1 unspecified atom stereocenters. The number of amides is 1. The van der Waals surface area contributed by atoms with E-state index in [0.717, 1.165) is 22.9 Å². The number of anilines is 2. The molecule has 3 heterocycles. The highest BCUT2D eigenvalue weighted by molar-refractivity contribution is 6.11. The minimum Gasteiger partial charge on any atom is -0.497 e. The van der Waals surface area contributed by atoms with Crippen LogP contribution in [0.15, 0.2) is 60.8 Å². The smallest absolute Gasteiger partial charge is 0.262 e. The summed E-state index contributed by atoms with van der Waals surface area (Å²) in [6.07, 6.45) is 1.25. The largest absolute Gasteiger partial charge is 0.497 e. The van der Waals surface area contributed by atoms with Gasteiger partial charge in [-0.2, -0.15) is 0 Å². The van der Waals surface area contributed by atoms with Crippen LogP contribution in [-0.2, 0) is 0 Å². The van der Waals surface area contributed by atoms with Gasteiger partial charge in [0, 0.05) is 23.6 Å². The summed E-state index contributed by atoms with van der Waals surface area (Å²) in [5.74, 6) is 2.03. The van der Waals surface area contributed by atoms with Gasteiger partial charge in [0.05, 0.1) is 18.4 Å². The van der Waals surface area contributed by atoms with Crippen LogP contribution in [0.4, 0.5) is 11.4 Å². The second kappa shape index (κ2) is 7.01. The lowest BCUT2D eigenvalue weighted by atomic mass is 10.2. The SMILES string of the molecule is COc1ccc(N2C(=O)c3cccnc3C2Nc2ccc3c(c2)OCCO3)cc1. The third-order valence-corrected chi connectivity index (χ3v) is 5.00. The molecule has 1 N–H and O–H groups in total. The number of nitrogens with zero attached hydrogens (tertiary/aromatic N) is 2. The fraction of sp³-hybridized carbons (Fsp3) is 0.182. The summed E-state index contributed by atoms with van der Waals surface area (Å²) < 4.78 is 16.5. The molecule has 0 radical (unpaired) electrons. The van der Waals surface area contributed by atoms with Gasteiger partial charge >= 0.3 is 0 Å². The Morgan fingerprint density at radius 2 is 1.86 bits per heavy atom. The number of rotatable bonds is 4. The van der Waals surface area contributed by atoms with Crippen molar-refractivity contribution < 1.29 is 19.0 Å². The summed E-state index contributed by atoms with van der Waals surface area (Å²) in [6.45, 7) is 1.06. The van der Waals surface area contributed by atoms with Gasteiger partial charge in [-0.05, 0) is 48.5 Å². The lowest BCUT2D eigenvalue weighted by Gasteiger charge is -2.27. The first-order valence-corrected chi connectivity index (χ1v) is 9.33. The quantitative estimate of drug-likeness (QED) is 0.735. The van der Waals surface area contributed by atoms with E-state index in [1.165, 1.54) is 0 Å². The van der Waals surface area contributed by atoms with Crippen LogP contribution in [0, 0.1) is 0 Å². The lowest BCUT2D eigenvalue weighted by molar-refractivity contribution is 0.0993. The highest BCUT2D eigenvalue weighted by Gasteiger charge is 2.39. The molecule has 0 saturated carbocycles. The Bertz CT molecular complexity index is 1070. The average molecular weight is 389 g/mol. The van der Waals surface area contributed by atoms with E-state index < -0.39 is 6.17 Å². The van der Waals surface area contributed by atoms with E-state index >= 15 is 0 Å². The molecule has 0 bridgehead atoms. The molecule has 1 atom stereocenters. The zero-order valence-corrected chi connectivity index (χ0v) is 15.8. The van der Waals surface area contributed by atoms with Gasteiger partial charge in [0.25, 0.3) is 5.91 Å². The Morgan fingerprint density at radius 3 is 2.66 bits per heavy atom. The van der Waals surface area contributed by atoms with E-state index in [4.69, 9.17) is 14.2 Å². The van der Waals surface area contributed by atoms with Crippen molar-refractivity contribution in [2.24, 2.45) is 0 Å². The van der Waals surface area contributed by atoms with E-state index in [-0.39, 0.29) is 5.91 Å². The summed E-state index contributed by atoms with van der Waals surface area (Å²) in [6, 6.07) is 16.6. The number of carbonyl (C=O) groups is 1.